The average Bonchev–Trinajstić information content (AvgIpc) is 2.77. The molecule has 2 rings (SSSR count). The van der Waals surface area contributed by atoms with Gasteiger partial charge in [0.15, 0.2) is 0 Å². The summed E-state index contributed by atoms with van der Waals surface area (Å²) in [6, 6.07) is 8.58. The Labute approximate surface area is 118 Å². The van der Waals surface area contributed by atoms with Crippen LogP contribution in [0.1, 0.15) is 5.56 Å². The summed E-state index contributed by atoms with van der Waals surface area (Å²) in [4.78, 5) is 0. The van der Waals surface area contributed by atoms with Gasteiger partial charge in [-0.1, -0.05) is 22.0 Å². The van der Waals surface area contributed by atoms with Gasteiger partial charge in [-0.3, -0.25) is 4.72 Å². The number of nitrogens with two attached hydrogens (primary N) is 1. The molecule has 0 saturated carbocycles. The van der Waals surface area contributed by atoms with E-state index in [4.69, 9.17) is 5.73 Å². The summed E-state index contributed by atoms with van der Waals surface area (Å²) in [6.45, 7) is 0.336. The second-order valence-electron chi connectivity index (χ2n) is 3.59. The predicted molar refractivity (Wildman–Crippen MR) is 77.2 cm³/mol. The summed E-state index contributed by atoms with van der Waals surface area (Å²) >= 11 is 4.45. The van der Waals surface area contributed by atoms with Crippen molar-refractivity contribution in [3.63, 3.8) is 0 Å². The normalized spacial score (nSPS) is 11.4. The first-order chi connectivity index (χ1) is 8.51. The number of thiophene rings is 1. The molecule has 2 aromatic rings. The Balaban J connectivity index is 2.27. The van der Waals surface area contributed by atoms with Gasteiger partial charge in [-0.05, 0) is 35.2 Å². The Morgan fingerprint density at radius 3 is 2.72 bits per heavy atom. The van der Waals surface area contributed by atoms with E-state index in [1.807, 2.05) is 6.07 Å². The highest BCUT2D eigenvalue weighted by Crippen LogP contribution is 2.24. The van der Waals surface area contributed by atoms with Crippen molar-refractivity contribution in [3.8, 4) is 0 Å². The standard InChI is InChI=1S/C11H11BrN2O2S2/c12-9-2-1-3-10(5-9)14-18(15,16)11-4-8(6-13)7-17-11/h1-5,7,14H,6,13H2. The first-order valence-electron chi connectivity index (χ1n) is 5.07. The van der Waals surface area contributed by atoms with E-state index in [1.165, 1.54) is 0 Å². The number of sulfonamides is 1. The molecule has 1 heterocycles. The third kappa shape index (κ3) is 3.11. The van der Waals surface area contributed by atoms with E-state index in [-0.39, 0.29) is 4.21 Å². The van der Waals surface area contributed by atoms with E-state index in [2.05, 4.69) is 20.7 Å². The largest absolute Gasteiger partial charge is 0.326 e. The summed E-state index contributed by atoms with van der Waals surface area (Å²) in [5.41, 5.74) is 6.80. The van der Waals surface area contributed by atoms with Crippen LogP contribution < -0.4 is 10.5 Å². The number of rotatable bonds is 4. The highest BCUT2D eigenvalue weighted by Gasteiger charge is 2.16. The zero-order valence-corrected chi connectivity index (χ0v) is 12.5. The van der Waals surface area contributed by atoms with Gasteiger partial charge in [-0.25, -0.2) is 8.42 Å². The Morgan fingerprint density at radius 2 is 2.11 bits per heavy atom. The van der Waals surface area contributed by atoms with Crippen molar-refractivity contribution in [1.82, 2.24) is 0 Å². The summed E-state index contributed by atoms with van der Waals surface area (Å²) in [6.07, 6.45) is 0. The van der Waals surface area contributed by atoms with Crippen LogP contribution in [-0.2, 0) is 16.6 Å². The molecule has 0 aliphatic rings. The Morgan fingerprint density at radius 1 is 1.33 bits per heavy atom. The van der Waals surface area contributed by atoms with Crippen LogP contribution in [0.25, 0.3) is 0 Å². The van der Waals surface area contributed by atoms with Gasteiger partial charge in [-0.15, -0.1) is 11.3 Å². The summed E-state index contributed by atoms with van der Waals surface area (Å²) in [5, 5.41) is 1.75. The molecule has 96 valence electrons. The van der Waals surface area contributed by atoms with Crippen molar-refractivity contribution >= 4 is 43.0 Å². The maximum Gasteiger partial charge on any atom is 0.271 e. The minimum absolute atomic E-state index is 0.267. The third-order valence-corrected chi connectivity index (χ3v) is 5.57. The van der Waals surface area contributed by atoms with Crippen molar-refractivity contribution in [2.45, 2.75) is 10.8 Å². The van der Waals surface area contributed by atoms with Crippen molar-refractivity contribution in [2.24, 2.45) is 5.73 Å². The molecule has 4 nitrogen and oxygen atoms in total. The fraction of sp³-hybridized carbons (Fsp3) is 0.0909. The van der Waals surface area contributed by atoms with Gasteiger partial charge in [-0.2, -0.15) is 0 Å². The minimum atomic E-state index is -3.53. The smallest absolute Gasteiger partial charge is 0.271 e. The highest BCUT2D eigenvalue weighted by molar-refractivity contribution is 9.10. The van der Waals surface area contributed by atoms with E-state index in [1.54, 1.807) is 29.6 Å². The highest BCUT2D eigenvalue weighted by atomic mass is 79.9. The van der Waals surface area contributed by atoms with Gasteiger partial charge >= 0.3 is 0 Å². The topological polar surface area (TPSA) is 72.2 Å². The molecular formula is C11H11BrN2O2S2. The summed E-state index contributed by atoms with van der Waals surface area (Å²) in [5.74, 6) is 0. The molecule has 0 aliphatic heterocycles. The second kappa shape index (κ2) is 5.40. The van der Waals surface area contributed by atoms with Crippen molar-refractivity contribution in [3.05, 3.63) is 45.7 Å². The first-order valence-corrected chi connectivity index (χ1v) is 8.23. The molecule has 0 fully saturated rings. The van der Waals surface area contributed by atoms with Crippen LogP contribution in [0.4, 0.5) is 5.69 Å². The lowest BCUT2D eigenvalue weighted by Gasteiger charge is -2.06. The molecule has 0 atom stereocenters. The van der Waals surface area contributed by atoms with Gasteiger partial charge in [0.1, 0.15) is 4.21 Å². The van der Waals surface area contributed by atoms with Crippen LogP contribution in [-0.4, -0.2) is 8.42 Å². The van der Waals surface area contributed by atoms with Crippen LogP contribution in [0.5, 0.6) is 0 Å². The van der Waals surface area contributed by atoms with Crippen LogP contribution in [0.2, 0.25) is 0 Å². The van der Waals surface area contributed by atoms with E-state index < -0.39 is 10.0 Å². The zero-order valence-electron chi connectivity index (χ0n) is 9.26. The van der Waals surface area contributed by atoms with Crippen LogP contribution in [0.15, 0.2) is 44.4 Å². The summed E-state index contributed by atoms with van der Waals surface area (Å²) in [7, 11) is -3.53. The summed E-state index contributed by atoms with van der Waals surface area (Å²) < 4.78 is 27.8. The lowest BCUT2D eigenvalue weighted by Crippen LogP contribution is -2.11. The number of halogens is 1. The van der Waals surface area contributed by atoms with Crippen molar-refractivity contribution in [1.29, 1.82) is 0 Å². The number of hydrogen-bond donors (Lipinski definition) is 2. The Kier molecular flexibility index (Phi) is 4.06. The van der Waals surface area contributed by atoms with Gasteiger partial charge in [0.05, 0.1) is 0 Å². The van der Waals surface area contributed by atoms with Crippen LogP contribution >= 0.6 is 27.3 Å². The van der Waals surface area contributed by atoms with E-state index in [0.717, 1.165) is 21.4 Å². The predicted octanol–water partition coefficient (Wildman–Crippen LogP) is 2.77. The second-order valence-corrected chi connectivity index (χ2v) is 7.33. The van der Waals surface area contributed by atoms with E-state index in [0.29, 0.717) is 12.2 Å². The van der Waals surface area contributed by atoms with Gasteiger partial charge < -0.3 is 5.73 Å². The fourth-order valence-corrected chi connectivity index (χ4v) is 4.03. The molecule has 1 aromatic heterocycles. The maximum absolute atomic E-state index is 12.1. The van der Waals surface area contributed by atoms with Gasteiger partial charge in [0.25, 0.3) is 10.0 Å². The molecule has 0 spiro atoms. The quantitative estimate of drug-likeness (QED) is 0.893. The molecule has 0 saturated heterocycles. The SMILES string of the molecule is NCc1csc(S(=O)(=O)Nc2cccc(Br)c2)c1. The molecular weight excluding hydrogens is 336 g/mol. The fourth-order valence-electron chi connectivity index (χ4n) is 1.36. The van der Waals surface area contributed by atoms with Crippen LogP contribution in [0.3, 0.4) is 0 Å². The van der Waals surface area contributed by atoms with Gasteiger partial charge in [0, 0.05) is 16.7 Å². The number of hydrogen-bond acceptors (Lipinski definition) is 4. The molecule has 3 N–H and O–H groups in total. The molecule has 0 amide bonds. The lowest BCUT2D eigenvalue weighted by atomic mass is 10.3. The Hall–Kier alpha value is -0.890. The molecule has 18 heavy (non-hydrogen) atoms. The van der Waals surface area contributed by atoms with Gasteiger partial charge in [0.2, 0.25) is 0 Å². The monoisotopic (exact) mass is 346 g/mol. The number of benzene rings is 1. The molecule has 1 aromatic carbocycles. The van der Waals surface area contributed by atoms with Crippen molar-refractivity contribution in [2.75, 3.05) is 4.72 Å². The Bertz CT molecular complexity index is 653. The maximum atomic E-state index is 12.1. The lowest BCUT2D eigenvalue weighted by molar-refractivity contribution is 0.603. The number of nitrogens with one attached hydrogen (secondary N) is 1. The zero-order chi connectivity index (χ0) is 13.2. The first kappa shape index (κ1) is 13.5. The molecule has 0 radical (unpaired) electrons. The number of anilines is 1. The van der Waals surface area contributed by atoms with E-state index >= 15 is 0 Å². The van der Waals surface area contributed by atoms with E-state index in [9.17, 15) is 8.42 Å². The minimum Gasteiger partial charge on any atom is -0.326 e. The average molecular weight is 347 g/mol. The molecule has 0 unspecified atom stereocenters. The van der Waals surface area contributed by atoms with Crippen LogP contribution in [0, 0.1) is 0 Å². The molecule has 7 heteroatoms. The third-order valence-electron chi connectivity index (χ3n) is 2.21. The van der Waals surface area contributed by atoms with Crippen molar-refractivity contribution < 1.29 is 8.42 Å². The molecule has 0 aliphatic carbocycles. The molecule has 0 bridgehead atoms.